The summed E-state index contributed by atoms with van der Waals surface area (Å²) in [5.41, 5.74) is 1.66. The molecular formula is C15H19N3O3S. The van der Waals surface area contributed by atoms with Crippen LogP contribution in [-0.2, 0) is 0 Å². The van der Waals surface area contributed by atoms with Gasteiger partial charge in [0.1, 0.15) is 0 Å². The van der Waals surface area contributed by atoms with Crippen molar-refractivity contribution >= 4 is 22.5 Å². The Bertz CT molecular complexity index is 655. The number of amides is 2. The highest BCUT2D eigenvalue weighted by Crippen LogP contribution is 2.33. The fourth-order valence-corrected chi connectivity index (χ4v) is 2.57. The summed E-state index contributed by atoms with van der Waals surface area (Å²) in [7, 11) is 3.18. The van der Waals surface area contributed by atoms with E-state index < -0.39 is 0 Å². The molecule has 0 fully saturated rings. The predicted molar refractivity (Wildman–Crippen MR) is 87.9 cm³/mol. The number of nitrogens with zero attached hydrogens (tertiary/aromatic N) is 1. The highest BCUT2D eigenvalue weighted by molar-refractivity contribution is 7.14. The number of carbonyl (C=O) groups excluding carboxylic acids is 1. The van der Waals surface area contributed by atoms with Gasteiger partial charge in [-0.15, -0.1) is 11.3 Å². The Morgan fingerprint density at radius 2 is 1.95 bits per heavy atom. The van der Waals surface area contributed by atoms with Crippen molar-refractivity contribution in [3.8, 4) is 22.8 Å². The van der Waals surface area contributed by atoms with Gasteiger partial charge in [-0.05, 0) is 32.0 Å². The molecule has 0 radical (unpaired) electrons. The summed E-state index contributed by atoms with van der Waals surface area (Å²) in [5.74, 6) is 1.30. The van der Waals surface area contributed by atoms with Crippen LogP contribution in [0.5, 0.6) is 11.5 Å². The first-order chi connectivity index (χ1) is 10.5. The van der Waals surface area contributed by atoms with E-state index >= 15 is 0 Å². The topological polar surface area (TPSA) is 72.5 Å². The average molecular weight is 321 g/mol. The molecule has 2 rings (SSSR count). The molecule has 0 bridgehead atoms. The molecule has 1 aromatic carbocycles. The van der Waals surface area contributed by atoms with Crippen LogP contribution in [0.1, 0.15) is 13.8 Å². The van der Waals surface area contributed by atoms with Gasteiger partial charge in [0.05, 0.1) is 19.9 Å². The largest absolute Gasteiger partial charge is 0.493 e. The van der Waals surface area contributed by atoms with Gasteiger partial charge in [-0.2, -0.15) is 0 Å². The van der Waals surface area contributed by atoms with E-state index in [9.17, 15) is 4.79 Å². The second-order valence-corrected chi connectivity index (χ2v) is 5.72. The SMILES string of the molecule is COc1ccc(-c2csc(NC(=O)NC(C)C)n2)cc1OC. The van der Waals surface area contributed by atoms with Crippen molar-refractivity contribution < 1.29 is 14.3 Å². The van der Waals surface area contributed by atoms with Crippen molar-refractivity contribution in [2.45, 2.75) is 19.9 Å². The van der Waals surface area contributed by atoms with Gasteiger partial charge in [0.2, 0.25) is 0 Å². The second-order valence-electron chi connectivity index (χ2n) is 4.86. The van der Waals surface area contributed by atoms with Gasteiger partial charge in [0, 0.05) is 17.0 Å². The first kappa shape index (κ1) is 16.1. The first-order valence-electron chi connectivity index (χ1n) is 6.79. The van der Waals surface area contributed by atoms with Crippen molar-refractivity contribution in [3.63, 3.8) is 0 Å². The van der Waals surface area contributed by atoms with Gasteiger partial charge in [-0.3, -0.25) is 5.32 Å². The number of benzene rings is 1. The van der Waals surface area contributed by atoms with E-state index in [-0.39, 0.29) is 12.1 Å². The Balaban J connectivity index is 2.16. The van der Waals surface area contributed by atoms with Gasteiger partial charge in [-0.1, -0.05) is 0 Å². The van der Waals surface area contributed by atoms with Gasteiger partial charge in [-0.25, -0.2) is 9.78 Å². The van der Waals surface area contributed by atoms with Crippen LogP contribution in [-0.4, -0.2) is 31.3 Å². The lowest BCUT2D eigenvalue weighted by Gasteiger charge is -2.08. The molecule has 0 aliphatic carbocycles. The van der Waals surface area contributed by atoms with Crippen molar-refractivity contribution in [2.24, 2.45) is 0 Å². The summed E-state index contributed by atoms with van der Waals surface area (Å²) in [6, 6.07) is 5.39. The number of anilines is 1. The zero-order valence-corrected chi connectivity index (χ0v) is 13.8. The van der Waals surface area contributed by atoms with Crippen LogP contribution in [0.3, 0.4) is 0 Å². The Morgan fingerprint density at radius 1 is 1.23 bits per heavy atom. The lowest BCUT2D eigenvalue weighted by molar-refractivity contribution is 0.250. The lowest BCUT2D eigenvalue weighted by Crippen LogP contribution is -2.34. The monoisotopic (exact) mass is 321 g/mol. The average Bonchev–Trinajstić information content (AvgIpc) is 2.93. The zero-order valence-electron chi connectivity index (χ0n) is 13.0. The maximum atomic E-state index is 11.7. The van der Waals surface area contributed by atoms with E-state index in [0.717, 1.165) is 11.3 Å². The van der Waals surface area contributed by atoms with Crippen LogP contribution in [0.4, 0.5) is 9.93 Å². The molecule has 22 heavy (non-hydrogen) atoms. The van der Waals surface area contributed by atoms with Crippen LogP contribution >= 0.6 is 11.3 Å². The Kier molecular flexibility index (Phi) is 5.21. The third-order valence-corrected chi connectivity index (χ3v) is 3.58. The number of ether oxygens (including phenoxy) is 2. The number of nitrogens with one attached hydrogen (secondary N) is 2. The third kappa shape index (κ3) is 3.88. The molecule has 0 atom stereocenters. The molecule has 0 spiro atoms. The molecule has 1 aromatic heterocycles. The summed E-state index contributed by atoms with van der Waals surface area (Å²) < 4.78 is 10.5. The van der Waals surface area contributed by atoms with Crippen LogP contribution in [0.15, 0.2) is 23.6 Å². The fraction of sp³-hybridized carbons (Fsp3) is 0.333. The Morgan fingerprint density at radius 3 is 2.59 bits per heavy atom. The summed E-state index contributed by atoms with van der Waals surface area (Å²) in [6.07, 6.45) is 0. The number of carbonyl (C=O) groups is 1. The standard InChI is InChI=1S/C15H19N3O3S/c1-9(2)16-14(19)18-15-17-11(8-22-15)10-5-6-12(20-3)13(7-10)21-4/h5-9H,1-4H3,(H2,16,17,18,19). The summed E-state index contributed by atoms with van der Waals surface area (Å²) in [5, 5.41) is 7.90. The normalized spacial score (nSPS) is 10.4. The van der Waals surface area contributed by atoms with Gasteiger partial charge in [0.15, 0.2) is 16.6 Å². The molecule has 2 N–H and O–H groups in total. The van der Waals surface area contributed by atoms with Crippen LogP contribution in [0.25, 0.3) is 11.3 Å². The molecule has 0 aliphatic heterocycles. The van der Waals surface area contributed by atoms with Crippen molar-refractivity contribution in [1.82, 2.24) is 10.3 Å². The third-order valence-electron chi connectivity index (χ3n) is 2.82. The minimum Gasteiger partial charge on any atom is -0.493 e. The number of rotatable bonds is 5. The summed E-state index contributed by atoms with van der Waals surface area (Å²) >= 11 is 1.37. The minimum atomic E-state index is -0.261. The van der Waals surface area contributed by atoms with E-state index in [4.69, 9.17) is 9.47 Å². The van der Waals surface area contributed by atoms with E-state index in [2.05, 4.69) is 15.6 Å². The first-order valence-corrected chi connectivity index (χ1v) is 7.67. The zero-order chi connectivity index (χ0) is 16.1. The molecule has 0 saturated carbocycles. The smallest absolute Gasteiger partial charge is 0.321 e. The van der Waals surface area contributed by atoms with Crippen molar-refractivity contribution in [3.05, 3.63) is 23.6 Å². The minimum absolute atomic E-state index is 0.0743. The van der Waals surface area contributed by atoms with Crippen molar-refractivity contribution in [1.29, 1.82) is 0 Å². The number of aromatic nitrogens is 1. The Hall–Kier alpha value is -2.28. The van der Waals surface area contributed by atoms with E-state index in [0.29, 0.717) is 16.6 Å². The number of urea groups is 1. The van der Waals surface area contributed by atoms with Gasteiger partial charge < -0.3 is 14.8 Å². The van der Waals surface area contributed by atoms with E-state index in [1.807, 2.05) is 37.4 Å². The lowest BCUT2D eigenvalue weighted by atomic mass is 10.1. The molecule has 2 aromatic rings. The number of thiazole rings is 1. The molecule has 6 nitrogen and oxygen atoms in total. The second kappa shape index (κ2) is 7.13. The molecule has 1 heterocycles. The number of hydrogen-bond donors (Lipinski definition) is 2. The van der Waals surface area contributed by atoms with E-state index in [1.165, 1.54) is 11.3 Å². The molecule has 118 valence electrons. The number of hydrogen-bond acceptors (Lipinski definition) is 5. The van der Waals surface area contributed by atoms with E-state index in [1.54, 1.807) is 14.2 Å². The summed E-state index contributed by atoms with van der Waals surface area (Å²) in [6.45, 7) is 3.80. The molecule has 2 amide bonds. The van der Waals surface area contributed by atoms with Crippen molar-refractivity contribution in [2.75, 3.05) is 19.5 Å². The highest BCUT2D eigenvalue weighted by atomic mass is 32.1. The summed E-state index contributed by atoms with van der Waals surface area (Å²) in [4.78, 5) is 16.1. The van der Waals surface area contributed by atoms with Gasteiger partial charge in [0.25, 0.3) is 0 Å². The molecular weight excluding hydrogens is 302 g/mol. The number of methoxy groups -OCH3 is 2. The molecule has 0 saturated heterocycles. The molecule has 0 aliphatic rings. The van der Waals surface area contributed by atoms with Crippen LogP contribution in [0, 0.1) is 0 Å². The fourth-order valence-electron chi connectivity index (χ4n) is 1.85. The quantitative estimate of drug-likeness (QED) is 0.886. The molecule has 7 heteroatoms. The highest BCUT2D eigenvalue weighted by Gasteiger charge is 2.11. The maximum Gasteiger partial charge on any atom is 0.321 e. The van der Waals surface area contributed by atoms with Crippen LogP contribution < -0.4 is 20.1 Å². The van der Waals surface area contributed by atoms with Crippen LogP contribution in [0.2, 0.25) is 0 Å². The Labute approximate surface area is 133 Å². The molecule has 0 unspecified atom stereocenters. The predicted octanol–water partition coefficient (Wildman–Crippen LogP) is 3.36. The maximum absolute atomic E-state index is 11.7. The van der Waals surface area contributed by atoms with Gasteiger partial charge >= 0.3 is 6.03 Å².